The van der Waals surface area contributed by atoms with Gasteiger partial charge in [0.1, 0.15) is 23.0 Å². The number of aryl methyl sites for hydroxylation is 1. The molecule has 0 aromatic heterocycles. The first-order valence-electron chi connectivity index (χ1n) is 9.42. The highest BCUT2D eigenvalue weighted by Crippen LogP contribution is 2.29. The number of ether oxygens (including phenoxy) is 1. The fourth-order valence-corrected chi connectivity index (χ4v) is 3.09. The lowest BCUT2D eigenvalue weighted by Crippen LogP contribution is -2.27. The number of benzene rings is 3. The number of para-hydroxylation sites is 1. The van der Waals surface area contributed by atoms with Crippen LogP contribution < -0.4 is 10.1 Å². The Morgan fingerprint density at radius 1 is 1.00 bits per heavy atom. The second-order valence-electron chi connectivity index (χ2n) is 6.64. The minimum absolute atomic E-state index is 0.0784. The number of rotatable bonds is 8. The number of aliphatic carboxylic acids is 1. The van der Waals surface area contributed by atoms with Crippen LogP contribution in [0, 0.1) is 5.82 Å². The van der Waals surface area contributed by atoms with Crippen molar-refractivity contribution in [2.75, 3.05) is 0 Å². The fraction of sp³-hybridized carbons (Fsp3) is 0.0833. The quantitative estimate of drug-likeness (QED) is 0.411. The lowest BCUT2D eigenvalue weighted by Gasteiger charge is -2.09. The Bertz CT molecular complexity index is 1100. The molecule has 3 aromatic rings. The summed E-state index contributed by atoms with van der Waals surface area (Å²) in [4.78, 5) is 23.7. The monoisotopic (exact) mass is 483 g/mol. The Balaban J connectivity index is 1.63. The van der Waals surface area contributed by atoms with E-state index in [0.717, 1.165) is 10.0 Å². The Kier molecular flexibility index (Phi) is 7.56. The third-order valence-corrected chi connectivity index (χ3v) is 4.97. The zero-order valence-corrected chi connectivity index (χ0v) is 17.9. The van der Waals surface area contributed by atoms with Crippen molar-refractivity contribution in [2.24, 2.45) is 0 Å². The van der Waals surface area contributed by atoms with Crippen molar-refractivity contribution in [3.8, 4) is 11.5 Å². The number of carboxylic acids is 1. The summed E-state index contributed by atoms with van der Waals surface area (Å²) in [5, 5.41) is 11.8. The second-order valence-corrected chi connectivity index (χ2v) is 7.49. The number of carbonyl (C=O) groups is 2. The number of nitrogens with one attached hydrogen (secondary N) is 1. The molecular formula is C24H19BrFNO4. The average Bonchev–Trinajstić information content (AvgIpc) is 2.75. The molecule has 0 heterocycles. The Morgan fingerprint density at radius 3 is 2.32 bits per heavy atom. The summed E-state index contributed by atoms with van der Waals surface area (Å²) in [6.07, 6.45) is 1.83. The molecule has 0 bridgehead atoms. The molecule has 1 amide bonds. The largest absolute Gasteiger partial charge is 0.477 e. The Morgan fingerprint density at radius 2 is 1.68 bits per heavy atom. The first kappa shape index (κ1) is 22.2. The van der Waals surface area contributed by atoms with Crippen molar-refractivity contribution in [1.29, 1.82) is 0 Å². The molecule has 31 heavy (non-hydrogen) atoms. The molecule has 3 aromatic carbocycles. The van der Waals surface area contributed by atoms with Crippen molar-refractivity contribution in [1.82, 2.24) is 5.32 Å². The van der Waals surface area contributed by atoms with Crippen LogP contribution in [-0.2, 0) is 16.0 Å². The molecule has 5 nitrogen and oxygen atoms in total. The van der Waals surface area contributed by atoms with Crippen LogP contribution in [0.5, 0.6) is 11.5 Å². The maximum Gasteiger partial charge on any atom is 0.352 e. The zero-order valence-electron chi connectivity index (χ0n) is 16.3. The van der Waals surface area contributed by atoms with Gasteiger partial charge in [0.05, 0.1) is 4.47 Å². The summed E-state index contributed by atoms with van der Waals surface area (Å²) in [5.41, 5.74) is 1.15. The molecule has 0 aliphatic carbocycles. The summed E-state index contributed by atoms with van der Waals surface area (Å²) < 4.78 is 19.5. The van der Waals surface area contributed by atoms with Crippen LogP contribution in [0.25, 0.3) is 6.08 Å². The van der Waals surface area contributed by atoms with Crippen LogP contribution in [0.1, 0.15) is 17.5 Å². The van der Waals surface area contributed by atoms with Gasteiger partial charge >= 0.3 is 5.97 Å². The number of hydrogen-bond donors (Lipinski definition) is 2. The van der Waals surface area contributed by atoms with E-state index in [1.165, 1.54) is 18.2 Å². The third-order valence-electron chi connectivity index (χ3n) is 4.31. The summed E-state index contributed by atoms with van der Waals surface area (Å²) in [6, 6.07) is 20.1. The highest BCUT2D eigenvalue weighted by molar-refractivity contribution is 9.10. The highest BCUT2D eigenvalue weighted by Gasteiger charge is 2.12. The van der Waals surface area contributed by atoms with Gasteiger partial charge in [0, 0.05) is 6.42 Å². The standard InChI is InChI=1S/C24H19BrFNO4/c25-20-3-1-2-4-22(20)31-19-12-7-17(8-13-19)15-21(24(29)30)27-23(28)14-9-16-5-10-18(26)11-6-16/h1-8,10-13,15H,9,14H2,(H,27,28)(H,29,30)/b21-15-. The zero-order chi connectivity index (χ0) is 22.2. The molecule has 0 radical (unpaired) electrons. The molecule has 0 aliphatic heterocycles. The topological polar surface area (TPSA) is 75.6 Å². The van der Waals surface area contributed by atoms with Gasteiger partial charge in [0.2, 0.25) is 5.91 Å². The van der Waals surface area contributed by atoms with Gasteiger partial charge in [-0.3, -0.25) is 4.79 Å². The predicted molar refractivity (Wildman–Crippen MR) is 119 cm³/mol. The van der Waals surface area contributed by atoms with E-state index in [-0.39, 0.29) is 17.9 Å². The number of halogens is 2. The van der Waals surface area contributed by atoms with Crippen LogP contribution in [0.4, 0.5) is 4.39 Å². The Hall–Kier alpha value is -3.45. The second kappa shape index (κ2) is 10.5. The van der Waals surface area contributed by atoms with E-state index >= 15 is 0 Å². The van der Waals surface area contributed by atoms with Crippen LogP contribution in [0.15, 0.2) is 83.0 Å². The van der Waals surface area contributed by atoms with E-state index in [1.807, 2.05) is 24.3 Å². The van der Waals surface area contributed by atoms with Crippen molar-refractivity contribution >= 4 is 33.9 Å². The van der Waals surface area contributed by atoms with Gasteiger partial charge in [-0.2, -0.15) is 0 Å². The molecule has 0 saturated heterocycles. The van der Waals surface area contributed by atoms with Gasteiger partial charge in [0.25, 0.3) is 0 Å². The first-order valence-corrected chi connectivity index (χ1v) is 10.2. The highest BCUT2D eigenvalue weighted by atomic mass is 79.9. The van der Waals surface area contributed by atoms with E-state index in [9.17, 15) is 19.1 Å². The summed E-state index contributed by atoms with van der Waals surface area (Å²) in [6.45, 7) is 0. The molecule has 0 unspecified atom stereocenters. The maximum absolute atomic E-state index is 12.9. The van der Waals surface area contributed by atoms with E-state index in [1.54, 1.807) is 36.4 Å². The fourth-order valence-electron chi connectivity index (χ4n) is 2.73. The first-order chi connectivity index (χ1) is 14.9. The molecule has 3 rings (SSSR count). The number of amides is 1. The van der Waals surface area contributed by atoms with Gasteiger partial charge in [0.15, 0.2) is 0 Å². The molecule has 0 spiro atoms. The predicted octanol–water partition coefficient (Wildman–Crippen LogP) is 5.56. The van der Waals surface area contributed by atoms with Gasteiger partial charge in [-0.25, -0.2) is 9.18 Å². The maximum atomic E-state index is 12.9. The van der Waals surface area contributed by atoms with Gasteiger partial charge < -0.3 is 15.2 Å². The molecular weight excluding hydrogens is 465 g/mol. The van der Waals surface area contributed by atoms with Crippen LogP contribution in [0.3, 0.4) is 0 Å². The number of hydrogen-bond acceptors (Lipinski definition) is 3. The summed E-state index contributed by atoms with van der Waals surface area (Å²) in [5.74, 6) is -0.789. The lowest BCUT2D eigenvalue weighted by atomic mass is 10.1. The van der Waals surface area contributed by atoms with Crippen molar-refractivity contribution in [3.63, 3.8) is 0 Å². The molecule has 0 fully saturated rings. The smallest absolute Gasteiger partial charge is 0.352 e. The van der Waals surface area contributed by atoms with Crippen LogP contribution in [0.2, 0.25) is 0 Å². The van der Waals surface area contributed by atoms with Gasteiger partial charge in [-0.05, 0) is 76.0 Å². The molecule has 0 atom stereocenters. The van der Waals surface area contributed by atoms with E-state index < -0.39 is 11.9 Å². The normalized spacial score (nSPS) is 11.1. The van der Waals surface area contributed by atoms with Crippen molar-refractivity contribution in [3.05, 3.63) is 99.9 Å². The molecule has 7 heteroatoms. The van der Waals surface area contributed by atoms with Crippen LogP contribution in [-0.4, -0.2) is 17.0 Å². The molecule has 0 aliphatic rings. The third kappa shape index (κ3) is 6.79. The Labute approximate surface area is 187 Å². The SMILES string of the molecule is O=C(CCc1ccc(F)cc1)N/C(=C\c1ccc(Oc2ccccc2Br)cc1)C(=O)O. The van der Waals surface area contributed by atoms with Gasteiger partial charge in [-0.15, -0.1) is 0 Å². The van der Waals surface area contributed by atoms with E-state index in [4.69, 9.17) is 4.74 Å². The number of carboxylic acid groups (broad SMARTS) is 1. The minimum Gasteiger partial charge on any atom is -0.477 e. The lowest BCUT2D eigenvalue weighted by molar-refractivity contribution is -0.134. The average molecular weight is 484 g/mol. The van der Waals surface area contributed by atoms with Gasteiger partial charge in [-0.1, -0.05) is 36.4 Å². The molecule has 0 saturated carbocycles. The van der Waals surface area contributed by atoms with Crippen LogP contribution >= 0.6 is 15.9 Å². The molecule has 158 valence electrons. The summed E-state index contributed by atoms with van der Waals surface area (Å²) >= 11 is 3.41. The van der Waals surface area contributed by atoms with E-state index in [2.05, 4.69) is 21.2 Å². The van der Waals surface area contributed by atoms with E-state index in [0.29, 0.717) is 23.5 Å². The summed E-state index contributed by atoms with van der Waals surface area (Å²) in [7, 11) is 0. The van der Waals surface area contributed by atoms with Crippen molar-refractivity contribution in [2.45, 2.75) is 12.8 Å². The number of carbonyl (C=O) groups excluding carboxylic acids is 1. The molecule has 2 N–H and O–H groups in total. The minimum atomic E-state index is -1.25. The van der Waals surface area contributed by atoms with Crippen molar-refractivity contribution < 1.29 is 23.8 Å².